The summed E-state index contributed by atoms with van der Waals surface area (Å²) in [6.45, 7) is 6.16. The van der Waals surface area contributed by atoms with Gasteiger partial charge in [-0.1, -0.05) is 41.9 Å². The zero-order valence-electron chi connectivity index (χ0n) is 17.1. The van der Waals surface area contributed by atoms with E-state index in [-0.39, 0.29) is 30.9 Å². The average Bonchev–Trinajstić information content (AvgIpc) is 2.64. The first kappa shape index (κ1) is 21.9. The summed E-state index contributed by atoms with van der Waals surface area (Å²) in [5.74, 6) is -0.318. The van der Waals surface area contributed by atoms with Crippen LogP contribution in [0, 0.1) is 13.8 Å². The summed E-state index contributed by atoms with van der Waals surface area (Å²) in [5, 5.41) is 3.60. The van der Waals surface area contributed by atoms with Crippen molar-refractivity contribution in [1.82, 2.24) is 9.80 Å². The molecule has 0 spiro atoms. The van der Waals surface area contributed by atoms with E-state index in [0.29, 0.717) is 5.02 Å². The molecule has 1 atom stereocenters. The quantitative estimate of drug-likeness (QED) is 0.761. The van der Waals surface area contributed by atoms with Crippen molar-refractivity contribution in [2.24, 2.45) is 0 Å². The fourth-order valence-corrected chi connectivity index (χ4v) is 3.09. The van der Waals surface area contributed by atoms with Crippen LogP contribution in [-0.2, 0) is 9.59 Å². The van der Waals surface area contributed by atoms with E-state index in [4.69, 9.17) is 11.6 Å². The summed E-state index contributed by atoms with van der Waals surface area (Å²) in [5.41, 5.74) is 3.88. The maximum atomic E-state index is 12.5. The molecule has 0 radical (unpaired) electrons. The third-order valence-corrected chi connectivity index (χ3v) is 5.20. The highest BCUT2D eigenvalue weighted by atomic mass is 35.5. The molecular weight excluding hydrogens is 374 g/mol. The van der Waals surface area contributed by atoms with Gasteiger partial charge in [0.1, 0.15) is 0 Å². The molecule has 2 rings (SSSR count). The van der Waals surface area contributed by atoms with Crippen molar-refractivity contribution in [2.75, 3.05) is 32.5 Å². The van der Waals surface area contributed by atoms with Gasteiger partial charge in [-0.3, -0.25) is 14.5 Å². The number of carbonyl (C=O) groups excluding carboxylic acids is 2. The van der Waals surface area contributed by atoms with Crippen molar-refractivity contribution in [3.8, 4) is 0 Å². The SMILES string of the molecule is Cc1cccc(C)c1NC(=O)CN(C)C(=O)CN(C)C(C)c1ccc(Cl)cc1. The molecular formula is C22H28ClN3O2. The van der Waals surface area contributed by atoms with Crippen molar-refractivity contribution in [1.29, 1.82) is 0 Å². The third kappa shape index (κ3) is 5.81. The molecule has 2 amide bonds. The Morgan fingerprint density at radius 3 is 2.14 bits per heavy atom. The van der Waals surface area contributed by atoms with Gasteiger partial charge in [-0.05, 0) is 56.6 Å². The first-order valence-corrected chi connectivity index (χ1v) is 9.62. The lowest BCUT2D eigenvalue weighted by molar-refractivity contribution is -0.134. The minimum absolute atomic E-state index is 0.00970. The minimum atomic E-state index is -0.207. The number of rotatable bonds is 7. The molecule has 0 aliphatic rings. The van der Waals surface area contributed by atoms with Crippen LogP contribution in [0.3, 0.4) is 0 Å². The van der Waals surface area contributed by atoms with Gasteiger partial charge in [0.05, 0.1) is 13.1 Å². The Morgan fingerprint density at radius 2 is 1.57 bits per heavy atom. The monoisotopic (exact) mass is 401 g/mol. The second kappa shape index (κ2) is 9.71. The highest BCUT2D eigenvalue weighted by Gasteiger charge is 2.19. The number of nitrogens with one attached hydrogen (secondary N) is 1. The normalized spacial score (nSPS) is 12.0. The molecule has 28 heavy (non-hydrogen) atoms. The molecule has 150 valence electrons. The number of anilines is 1. The Balaban J connectivity index is 1.91. The number of aryl methyl sites for hydroxylation is 2. The topological polar surface area (TPSA) is 52.7 Å². The summed E-state index contributed by atoms with van der Waals surface area (Å²) in [7, 11) is 3.54. The van der Waals surface area contributed by atoms with Crippen LogP contribution in [0.2, 0.25) is 5.02 Å². The van der Waals surface area contributed by atoms with Gasteiger partial charge in [0, 0.05) is 23.8 Å². The van der Waals surface area contributed by atoms with Gasteiger partial charge in [0.25, 0.3) is 0 Å². The molecule has 6 heteroatoms. The Bertz CT molecular complexity index is 816. The standard InChI is InChI=1S/C22H28ClN3O2/c1-15-7-6-8-16(2)22(15)24-20(27)13-26(5)21(28)14-25(4)17(3)18-9-11-19(23)12-10-18/h6-12,17H,13-14H2,1-5H3,(H,24,27). The molecule has 5 nitrogen and oxygen atoms in total. The van der Waals surface area contributed by atoms with E-state index >= 15 is 0 Å². The van der Waals surface area contributed by atoms with E-state index in [2.05, 4.69) is 5.32 Å². The first-order valence-electron chi connectivity index (χ1n) is 9.24. The van der Waals surface area contributed by atoms with Crippen LogP contribution < -0.4 is 5.32 Å². The largest absolute Gasteiger partial charge is 0.335 e. The number of halogens is 1. The van der Waals surface area contributed by atoms with Gasteiger partial charge in [-0.2, -0.15) is 0 Å². The van der Waals surface area contributed by atoms with Crippen molar-refractivity contribution >= 4 is 29.1 Å². The van der Waals surface area contributed by atoms with Crippen LogP contribution in [0.15, 0.2) is 42.5 Å². The van der Waals surface area contributed by atoms with Crippen LogP contribution in [0.4, 0.5) is 5.69 Å². The number of hydrogen-bond acceptors (Lipinski definition) is 3. The number of nitrogens with zero attached hydrogens (tertiary/aromatic N) is 2. The fourth-order valence-electron chi connectivity index (χ4n) is 2.96. The molecule has 0 aliphatic heterocycles. The number of amides is 2. The van der Waals surface area contributed by atoms with Gasteiger partial charge in [0.2, 0.25) is 11.8 Å². The molecule has 2 aromatic carbocycles. The zero-order valence-corrected chi connectivity index (χ0v) is 17.9. The second-order valence-corrected chi connectivity index (χ2v) is 7.64. The van der Waals surface area contributed by atoms with Crippen LogP contribution in [0.1, 0.15) is 29.7 Å². The highest BCUT2D eigenvalue weighted by Crippen LogP contribution is 2.21. The Labute approximate surface area is 172 Å². The molecule has 0 heterocycles. The van der Waals surface area contributed by atoms with Gasteiger partial charge in [-0.15, -0.1) is 0 Å². The van der Waals surface area contributed by atoms with Crippen LogP contribution >= 0.6 is 11.6 Å². The molecule has 0 aliphatic carbocycles. The zero-order chi connectivity index (χ0) is 20.8. The molecule has 0 saturated heterocycles. The van der Waals surface area contributed by atoms with E-state index in [0.717, 1.165) is 22.4 Å². The van der Waals surface area contributed by atoms with E-state index in [1.807, 2.05) is 75.2 Å². The highest BCUT2D eigenvalue weighted by molar-refractivity contribution is 6.30. The van der Waals surface area contributed by atoms with Crippen LogP contribution in [0.25, 0.3) is 0 Å². The van der Waals surface area contributed by atoms with Crippen LogP contribution in [0.5, 0.6) is 0 Å². The predicted molar refractivity (Wildman–Crippen MR) is 115 cm³/mol. The van der Waals surface area contributed by atoms with Crippen molar-refractivity contribution in [3.63, 3.8) is 0 Å². The average molecular weight is 402 g/mol. The maximum Gasteiger partial charge on any atom is 0.243 e. The van der Waals surface area contributed by atoms with Crippen molar-refractivity contribution < 1.29 is 9.59 Å². The van der Waals surface area contributed by atoms with Crippen molar-refractivity contribution in [3.05, 3.63) is 64.2 Å². The van der Waals surface area contributed by atoms with Crippen LogP contribution in [-0.4, -0.2) is 48.8 Å². The van der Waals surface area contributed by atoms with Gasteiger partial charge >= 0.3 is 0 Å². The van der Waals surface area contributed by atoms with E-state index in [1.165, 1.54) is 4.90 Å². The summed E-state index contributed by atoms with van der Waals surface area (Å²) >= 11 is 5.94. The third-order valence-electron chi connectivity index (χ3n) is 4.95. The van der Waals surface area contributed by atoms with Gasteiger partial charge in [-0.25, -0.2) is 0 Å². The van der Waals surface area contributed by atoms with E-state index in [9.17, 15) is 9.59 Å². The molecule has 0 aromatic heterocycles. The number of benzene rings is 2. The molecule has 0 bridgehead atoms. The van der Waals surface area contributed by atoms with Crippen molar-refractivity contribution in [2.45, 2.75) is 26.8 Å². The van der Waals surface area contributed by atoms with E-state index in [1.54, 1.807) is 7.05 Å². The molecule has 2 aromatic rings. The lowest BCUT2D eigenvalue weighted by Gasteiger charge is -2.27. The number of likely N-dealkylation sites (N-methyl/N-ethyl adjacent to an activating group) is 2. The first-order chi connectivity index (χ1) is 13.2. The van der Waals surface area contributed by atoms with Gasteiger partial charge in [0.15, 0.2) is 0 Å². The predicted octanol–water partition coefficient (Wildman–Crippen LogP) is 4.05. The lowest BCUT2D eigenvalue weighted by Crippen LogP contribution is -2.41. The number of carbonyl (C=O) groups is 2. The molecule has 0 saturated carbocycles. The Hall–Kier alpha value is -2.37. The molecule has 1 unspecified atom stereocenters. The number of hydrogen-bond donors (Lipinski definition) is 1. The smallest absolute Gasteiger partial charge is 0.243 e. The minimum Gasteiger partial charge on any atom is -0.335 e. The fraction of sp³-hybridized carbons (Fsp3) is 0.364. The Morgan fingerprint density at radius 1 is 1.00 bits per heavy atom. The molecule has 1 N–H and O–H groups in total. The summed E-state index contributed by atoms with van der Waals surface area (Å²) < 4.78 is 0. The van der Waals surface area contributed by atoms with Gasteiger partial charge < -0.3 is 10.2 Å². The summed E-state index contributed by atoms with van der Waals surface area (Å²) in [6, 6.07) is 13.5. The Kier molecular flexibility index (Phi) is 7.61. The lowest BCUT2D eigenvalue weighted by atomic mass is 10.1. The summed E-state index contributed by atoms with van der Waals surface area (Å²) in [4.78, 5) is 28.3. The number of para-hydroxylation sites is 1. The summed E-state index contributed by atoms with van der Waals surface area (Å²) in [6.07, 6.45) is 0. The maximum absolute atomic E-state index is 12.5. The second-order valence-electron chi connectivity index (χ2n) is 7.21. The van der Waals surface area contributed by atoms with E-state index < -0.39 is 0 Å². The molecule has 0 fully saturated rings.